The smallest absolute Gasteiger partial charge is 0.416 e. The summed E-state index contributed by atoms with van der Waals surface area (Å²) in [6.07, 6.45) is -13.9. The minimum Gasteiger partial charge on any atom is -0.457 e. The van der Waals surface area contributed by atoms with Crippen LogP contribution in [0.5, 0.6) is 11.5 Å². The van der Waals surface area contributed by atoms with E-state index in [9.17, 15) is 44.3 Å². The van der Waals surface area contributed by atoms with Crippen LogP contribution < -0.4 is 10.1 Å². The molecule has 14 heteroatoms. The Morgan fingerprint density at radius 3 is 2.02 bits per heavy atom. The van der Waals surface area contributed by atoms with E-state index in [0.29, 0.717) is 23.3 Å². The molecule has 0 saturated heterocycles. The summed E-state index contributed by atoms with van der Waals surface area (Å²) in [6, 6.07) is 12.3. The van der Waals surface area contributed by atoms with E-state index in [1.807, 2.05) is 0 Å². The standard InChI is InChI=1S/C30H22F9N3O2/c31-28(32,33)19-12-20(29(34,35)36)14-22(13-19)44-21-9-6-17(7-10-21)8-11-25(43)23-16-40-42-26(30(37,38)39)15-24(41-27(23)42)18-4-2-1-3-5-18/h1-7,9-10,12-14,16,24,26,41H,8,11,15H2. The molecule has 2 heterocycles. The molecule has 44 heavy (non-hydrogen) atoms. The lowest BCUT2D eigenvalue weighted by Crippen LogP contribution is -2.36. The van der Waals surface area contributed by atoms with Crippen molar-refractivity contribution < 1.29 is 49.0 Å². The highest BCUT2D eigenvalue weighted by molar-refractivity contribution is 6.00. The quantitative estimate of drug-likeness (QED) is 0.164. The number of alkyl halides is 9. The molecule has 3 aromatic carbocycles. The Morgan fingerprint density at radius 2 is 1.45 bits per heavy atom. The minimum atomic E-state index is -5.03. The molecule has 0 aliphatic carbocycles. The lowest BCUT2D eigenvalue weighted by atomic mass is 9.96. The summed E-state index contributed by atoms with van der Waals surface area (Å²) in [4.78, 5) is 13.1. The number of hydrogen-bond donors (Lipinski definition) is 1. The van der Waals surface area contributed by atoms with E-state index in [1.54, 1.807) is 30.3 Å². The van der Waals surface area contributed by atoms with Gasteiger partial charge in [0, 0.05) is 12.8 Å². The number of anilines is 1. The summed E-state index contributed by atoms with van der Waals surface area (Å²) < 4.78 is 127. The molecule has 1 N–H and O–H groups in total. The fourth-order valence-corrected chi connectivity index (χ4v) is 4.91. The lowest BCUT2D eigenvalue weighted by molar-refractivity contribution is -0.173. The molecule has 0 fully saturated rings. The molecule has 0 bridgehead atoms. The lowest BCUT2D eigenvalue weighted by Gasteiger charge is -2.34. The second-order valence-corrected chi connectivity index (χ2v) is 10.2. The van der Waals surface area contributed by atoms with Gasteiger partial charge in [0.2, 0.25) is 0 Å². The number of Topliss-reactive ketones (excluding diaryl/α,β-unsaturated/α-hetero) is 1. The molecule has 2 atom stereocenters. The summed E-state index contributed by atoms with van der Waals surface area (Å²) in [5, 5.41) is 6.88. The molecule has 0 saturated carbocycles. The molecule has 2 unspecified atom stereocenters. The van der Waals surface area contributed by atoms with Gasteiger partial charge in [0.25, 0.3) is 0 Å². The number of ether oxygens (including phenoxy) is 1. The Morgan fingerprint density at radius 1 is 0.841 bits per heavy atom. The number of carbonyl (C=O) groups is 1. The first kappa shape index (κ1) is 31.0. The van der Waals surface area contributed by atoms with E-state index in [-0.39, 0.29) is 42.5 Å². The van der Waals surface area contributed by atoms with Gasteiger partial charge in [-0.3, -0.25) is 4.79 Å². The first-order valence-corrected chi connectivity index (χ1v) is 13.1. The van der Waals surface area contributed by atoms with Crippen molar-refractivity contribution in [1.29, 1.82) is 0 Å². The fourth-order valence-electron chi connectivity index (χ4n) is 4.91. The average Bonchev–Trinajstić information content (AvgIpc) is 3.39. The monoisotopic (exact) mass is 627 g/mol. The maximum absolute atomic E-state index is 13.9. The Kier molecular flexibility index (Phi) is 8.12. The molecular formula is C30H22F9N3O2. The van der Waals surface area contributed by atoms with Crippen molar-refractivity contribution in [1.82, 2.24) is 9.78 Å². The van der Waals surface area contributed by atoms with Crippen LogP contribution in [-0.2, 0) is 18.8 Å². The highest BCUT2D eigenvalue weighted by Gasteiger charge is 2.47. The molecule has 1 aromatic heterocycles. The number of carbonyl (C=O) groups excluding carboxylic acids is 1. The summed E-state index contributed by atoms with van der Waals surface area (Å²) in [5.41, 5.74) is -1.87. The van der Waals surface area contributed by atoms with Crippen molar-refractivity contribution in [3.8, 4) is 11.5 Å². The van der Waals surface area contributed by atoms with Crippen LogP contribution in [0.15, 0.2) is 79.0 Å². The van der Waals surface area contributed by atoms with Crippen LogP contribution in [0, 0.1) is 0 Å². The van der Waals surface area contributed by atoms with Gasteiger partial charge >= 0.3 is 18.5 Å². The van der Waals surface area contributed by atoms with Crippen LogP contribution in [0.2, 0.25) is 0 Å². The van der Waals surface area contributed by atoms with Gasteiger partial charge in [-0.15, -0.1) is 0 Å². The first-order chi connectivity index (χ1) is 20.6. The number of aromatic nitrogens is 2. The van der Waals surface area contributed by atoms with Crippen LogP contribution in [-0.4, -0.2) is 21.7 Å². The number of rotatable bonds is 7. The zero-order chi connectivity index (χ0) is 31.9. The van der Waals surface area contributed by atoms with E-state index in [1.165, 1.54) is 24.3 Å². The second-order valence-electron chi connectivity index (χ2n) is 10.2. The highest BCUT2D eigenvalue weighted by atomic mass is 19.4. The molecule has 232 valence electrons. The van der Waals surface area contributed by atoms with Gasteiger partial charge in [0.1, 0.15) is 17.3 Å². The molecule has 0 spiro atoms. The molecule has 0 amide bonds. The number of ketones is 1. The van der Waals surface area contributed by atoms with Gasteiger partial charge in [-0.2, -0.15) is 44.6 Å². The summed E-state index contributed by atoms with van der Waals surface area (Å²) in [7, 11) is 0. The topological polar surface area (TPSA) is 56.1 Å². The number of nitrogens with one attached hydrogen (secondary N) is 1. The summed E-state index contributed by atoms with van der Waals surface area (Å²) >= 11 is 0. The van der Waals surface area contributed by atoms with Crippen LogP contribution in [0.25, 0.3) is 0 Å². The predicted molar refractivity (Wildman–Crippen MR) is 140 cm³/mol. The van der Waals surface area contributed by atoms with Gasteiger partial charge in [-0.25, -0.2) is 4.68 Å². The number of aryl methyl sites for hydroxylation is 1. The van der Waals surface area contributed by atoms with Crippen LogP contribution in [0.4, 0.5) is 45.3 Å². The van der Waals surface area contributed by atoms with Gasteiger partial charge in [0.15, 0.2) is 11.8 Å². The number of fused-ring (bicyclic) bond motifs is 1. The second kappa shape index (κ2) is 11.5. The van der Waals surface area contributed by atoms with Gasteiger partial charge < -0.3 is 10.1 Å². The zero-order valence-corrected chi connectivity index (χ0v) is 22.4. The zero-order valence-electron chi connectivity index (χ0n) is 22.4. The van der Waals surface area contributed by atoms with Gasteiger partial charge in [0.05, 0.1) is 28.9 Å². The van der Waals surface area contributed by atoms with Crippen LogP contribution in [0.1, 0.15) is 57.5 Å². The van der Waals surface area contributed by atoms with Gasteiger partial charge in [-0.1, -0.05) is 42.5 Å². The van der Waals surface area contributed by atoms with Crippen molar-refractivity contribution in [3.05, 3.63) is 107 Å². The Balaban J connectivity index is 1.29. The molecule has 5 nitrogen and oxygen atoms in total. The van der Waals surface area contributed by atoms with E-state index in [0.717, 1.165) is 10.9 Å². The first-order valence-electron chi connectivity index (χ1n) is 13.1. The van der Waals surface area contributed by atoms with Crippen molar-refractivity contribution >= 4 is 11.6 Å². The SMILES string of the molecule is O=C(CCc1ccc(Oc2cc(C(F)(F)F)cc(C(F)(F)F)c2)cc1)c1cnn2c1NC(c1ccccc1)CC2C(F)(F)F. The van der Waals surface area contributed by atoms with E-state index >= 15 is 0 Å². The Bertz CT molecular complexity index is 1590. The third-order valence-corrected chi connectivity index (χ3v) is 7.10. The molecule has 5 rings (SSSR count). The molecule has 1 aliphatic heterocycles. The van der Waals surface area contributed by atoms with Crippen molar-refractivity contribution in [2.75, 3.05) is 5.32 Å². The molecule has 1 aliphatic rings. The van der Waals surface area contributed by atoms with Crippen LogP contribution >= 0.6 is 0 Å². The molecule has 0 radical (unpaired) electrons. The maximum Gasteiger partial charge on any atom is 0.416 e. The minimum absolute atomic E-state index is 0.00846. The maximum atomic E-state index is 13.9. The number of halogens is 9. The third kappa shape index (κ3) is 6.84. The predicted octanol–water partition coefficient (Wildman–Crippen LogP) is 9.19. The highest BCUT2D eigenvalue weighted by Crippen LogP contribution is 2.44. The molecule has 4 aromatic rings. The summed E-state index contributed by atoms with van der Waals surface area (Å²) in [5.74, 6) is -1.23. The fraction of sp³-hybridized carbons (Fsp3) is 0.267. The van der Waals surface area contributed by atoms with Gasteiger partial charge in [-0.05, 0) is 47.9 Å². The average molecular weight is 628 g/mol. The Hall–Kier alpha value is -4.49. The normalized spacial score (nSPS) is 17.1. The van der Waals surface area contributed by atoms with Crippen molar-refractivity contribution in [2.45, 2.75) is 49.9 Å². The largest absolute Gasteiger partial charge is 0.457 e. The Labute approximate surface area is 244 Å². The van der Waals surface area contributed by atoms with E-state index in [4.69, 9.17) is 4.74 Å². The number of benzene rings is 3. The van der Waals surface area contributed by atoms with Crippen LogP contribution in [0.3, 0.4) is 0 Å². The van der Waals surface area contributed by atoms with E-state index < -0.39 is 53.3 Å². The van der Waals surface area contributed by atoms with Crippen molar-refractivity contribution in [3.63, 3.8) is 0 Å². The van der Waals surface area contributed by atoms with E-state index in [2.05, 4.69) is 10.4 Å². The number of nitrogens with zero attached hydrogens (tertiary/aromatic N) is 2. The number of hydrogen-bond acceptors (Lipinski definition) is 4. The summed E-state index contributed by atoms with van der Waals surface area (Å²) in [6.45, 7) is 0. The third-order valence-electron chi connectivity index (χ3n) is 7.10. The van der Waals surface area contributed by atoms with Crippen molar-refractivity contribution in [2.24, 2.45) is 0 Å². The molecular weight excluding hydrogens is 605 g/mol.